The molecule has 0 atom stereocenters. The van der Waals surface area contributed by atoms with Crippen molar-refractivity contribution < 1.29 is 14.0 Å². The number of carbonyl (C=O) groups excluding carboxylic acids is 2. The average Bonchev–Trinajstić information content (AvgIpc) is 2.59. The van der Waals surface area contributed by atoms with Crippen molar-refractivity contribution in [1.29, 1.82) is 0 Å². The lowest BCUT2D eigenvalue weighted by molar-refractivity contribution is -0.132. The molecule has 1 aromatic carbocycles. The molecule has 1 saturated heterocycles. The van der Waals surface area contributed by atoms with Crippen LogP contribution in [-0.4, -0.2) is 60.9 Å². The van der Waals surface area contributed by atoms with Gasteiger partial charge in [-0.1, -0.05) is 31.0 Å². The minimum atomic E-state index is -0.455. The second-order valence-electron chi connectivity index (χ2n) is 6.24. The summed E-state index contributed by atoms with van der Waals surface area (Å²) in [6.07, 6.45) is 1.99. The Morgan fingerprint density at radius 3 is 2.60 bits per heavy atom. The fourth-order valence-electron chi connectivity index (χ4n) is 2.78. The van der Waals surface area contributed by atoms with Crippen molar-refractivity contribution in [3.05, 3.63) is 34.6 Å². The minimum Gasteiger partial charge on any atom is -0.355 e. The van der Waals surface area contributed by atoms with Crippen LogP contribution in [0.1, 0.15) is 25.3 Å². The van der Waals surface area contributed by atoms with Gasteiger partial charge in [0.05, 0.1) is 13.0 Å². The fraction of sp³-hybridized carbons (Fsp3) is 0.556. The Morgan fingerprint density at radius 1 is 1.24 bits per heavy atom. The van der Waals surface area contributed by atoms with Gasteiger partial charge in [-0.2, -0.15) is 0 Å². The van der Waals surface area contributed by atoms with Crippen LogP contribution in [0.25, 0.3) is 0 Å². The summed E-state index contributed by atoms with van der Waals surface area (Å²) in [6, 6.07) is 4.42. The number of unbranched alkanes of at least 4 members (excludes halogenated alkanes) is 1. The number of piperazine rings is 1. The number of benzene rings is 1. The van der Waals surface area contributed by atoms with Crippen LogP contribution in [-0.2, 0) is 16.0 Å². The van der Waals surface area contributed by atoms with Crippen molar-refractivity contribution in [2.75, 3.05) is 39.3 Å². The van der Waals surface area contributed by atoms with E-state index in [0.29, 0.717) is 39.3 Å². The predicted molar refractivity (Wildman–Crippen MR) is 96.1 cm³/mol. The van der Waals surface area contributed by atoms with E-state index in [1.807, 2.05) is 4.90 Å². The minimum absolute atomic E-state index is 0.0198. The van der Waals surface area contributed by atoms with Crippen molar-refractivity contribution in [1.82, 2.24) is 15.1 Å². The standard InChI is InChI=1S/C18H25ClFN3O2/c1-2-3-7-21-17(24)13-22-8-10-23(11-9-22)18(25)12-14-15(19)5-4-6-16(14)20/h4-6H,2-3,7-13H2,1H3,(H,21,24). The van der Waals surface area contributed by atoms with E-state index in [2.05, 4.69) is 12.2 Å². The number of hydrogen-bond donors (Lipinski definition) is 1. The Bertz CT molecular complexity index is 584. The van der Waals surface area contributed by atoms with Crippen LogP contribution in [0.4, 0.5) is 4.39 Å². The maximum Gasteiger partial charge on any atom is 0.234 e. The molecule has 7 heteroatoms. The van der Waals surface area contributed by atoms with Crippen LogP contribution >= 0.6 is 11.6 Å². The molecular weight excluding hydrogens is 345 g/mol. The van der Waals surface area contributed by atoms with Gasteiger partial charge in [0.25, 0.3) is 0 Å². The molecule has 5 nitrogen and oxygen atoms in total. The first-order valence-electron chi connectivity index (χ1n) is 8.71. The molecule has 0 bridgehead atoms. The van der Waals surface area contributed by atoms with Crippen molar-refractivity contribution in [3.8, 4) is 0 Å². The number of amides is 2. The largest absolute Gasteiger partial charge is 0.355 e. The summed E-state index contributed by atoms with van der Waals surface area (Å²) in [4.78, 5) is 27.9. The molecule has 1 fully saturated rings. The number of hydrogen-bond acceptors (Lipinski definition) is 3. The summed E-state index contributed by atoms with van der Waals surface area (Å²) in [5.41, 5.74) is 0.242. The Morgan fingerprint density at radius 2 is 1.96 bits per heavy atom. The van der Waals surface area contributed by atoms with E-state index in [9.17, 15) is 14.0 Å². The normalized spacial score (nSPS) is 15.2. The molecule has 0 unspecified atom stereocenters. The van der Waals surface area contributed by atoms with Gasteiger partial charge in [-0.25, -0.2) is 4.39 Å². The number of nitrogens with zero attached hydrogens (tertiary/aromatic N) is 2. The van der Waals surface area contributed by atoms with Crippen molar-refractivity contribution in [2.45, 2.75) is 26.2 Å². The second kappa shape index (κ2) is 9.73. The maximum absolute atomic E-state index is 13.8. The molecular formula is C18H25ClFN3O2. The summed E-state index contributed by atoms with van der Waals surface area (Å²) in [5, 5.41) is 3.17. The number of rotatable bonds is 7. The lowest BCUT2D eigenvalue weighted by Crippen LogP contribution is -2.51. The summed E-state index contributed by atoms with van der Waals surface area (Å²) < 4.78 is 13.8. The van der Waals surface area contributed by atoms with Crippen LogP contribution in [0.15, 0.2) is 18.2 Å². The van der Waals surface area contributed by atoms with Crippen molar-refractivity contribution in [2.24, 2.45) is 0 Å². The zero-order valence-corrected chi connectivity index (χ0v) is 15.3. The summed E-state index contributed by atoms with van der Waals surface area (Å²) in [5.74, 6) is -0.575. The lowest BCUT2D eigenvalue weighted by Gasteiger charge is -2.34. The molecule has 1 aliphatic heterocycles. The third-order valence-electron chi connectivity index (χ3n) is 4.33. The molecule has 138 valence electrons. The Hall–Kier alpha value is -1.66. The van der Waals surface area contributed by atoms with Gasteiger partial charge >= 0.3 is 0 Å². The van der Waals surface area contributed by atoms with E-state index in [1.54, 1.807) is 11.0 Å². The van der Waals surface area contributed by atoms with Gasteiger partial charge in [-0.05, 0) is 18.6 Å². The van der Waals surface area contributed by atoms with E-state index < -0.39 is 5.82 Å². The Labute approximate surface area is 153 Å². The van der Waals surface area contributed by atoms with E-state index in [-0.39, 0.29) is 28.8 Å². The van der Waals surface area contributed by atoms with E-state index in [1.165, 1.54) is 12.1 Å². The monoisotopic (exact) mass is 369 g/mol. The third kappa shape index (κ3) is 5.97. The third-order valence-corrected chi connectivity index (χ3v) is 4.69. The first kappa shape index (κ1) is 19.7. The van der Waals surface area contributed by atoms with Gasteiger partial charge in [0.2, 0.25) is 11.8 Å². The smallest absolute Gasteiger partial charge is 0.234 e. The van der Waals surface area contributed by atoms with Crippen molar-refractivity contribution >= 4 is 23.4 Å². The summed E-state index contributed by atoms with van der Waals surface area (Å²) in [6.45, 7) is 5.48. The Balaban J connectivity index is 1.78. The van der Waals surface area contributed by atoms with Gasteiger partial charge in [0.1, 0.15) is 5.82 Å². The average molecular weight is 370 g/mol. The van der Waals surface area contributed by atoms with Crippen LogP contribution in [0.2, 0.25) is 5.02 Å². The summed E-state index contributed by atoms with van der Waals surface area (Å²) >= 11 is 5.98. The van der Waals surface area contributed by atoms with Crippen LogP contribution in [0.5, 0.6) is 0 Å². The summed E-state index contributed by atoms with van der Waals surface area (Å²) in [7, 11) is 0. The Kier molecular flexibility index (Phi) is 7.65. The van der Waals surface area contributed by atoms with Crippen LogP contribution < -0.4 is 5.32 Å². The zero-order chi connectivity index (χ0) is 18.2. The van der Waals surface area contributed by atoms with E-state index in [0.717, 1.165) is 12.8 Å². The quantitative estimate of drug-likeness (QED) is 0.749. The van der Waals surface area contributed by atoms with Gasteiger partial charge in [-0.15, -0.1) is 0 Å². The molecule has 1 heterocycles. The molecule has 1 aliphatic rings. The van der Waals surface area contributed by atoms with Gasteiger partial charge in [-0.3, -0.25) is 14.5 Å². The molecule has 0 spiro atoms. The van der Waals surface area contributed by atoms with E-state index >= 15 is 0 Å². The maximum atomic E-state index is 13.8. The number of carbonyl (C=O) groups is 2. The highest BCUT2D eigenvalue weighted by atomic mass is 35.5. The zero-order valence-electron chi connectivity index (χ0n) is 14.6. The second-order valence-corrected chi connectivity index (χ2v) is 6.64. The molecule has 0 aliphatic carbocycles. The first-order valence-corrected chi connectivity index (χ1v) is 9.08. The number of halogens is 2. The molecule has 25 heavy (non-hydrogen) atoms. The molecule has 2 amide bonds. The lowest BCUT2D eigenvalue weighted by atomic mass is 10.1. The molecule has 0 radical (unpaired) electrons. The predicted octanol–water partition coefficient (Wildman–Crippen LogP) is 2.08. The molecule has 1 aromatic rings. The highest BCUT2D eigenvalue weighted by Crippen LogP contribution is 2.20. The van der Waals surface area contributed by atoms with E-state index in [4.69, 9.17) is 11.6 Å². The molecule has 0 aromatic heterocycles. The fourth-order valence-corrected chi connectivity index (χ4v) is 3.01. The SMILES string of the molecule is CCCCNC(=O)CN1CCN(C(=O)Cc2c(F)cccc2Cl)CC1. The van der Waals surface area contributed by atoms with Crippen LogP contribution in [0, 0.1) is 5.82 Å². The molecule has 2 rings (SSSR count). The van der Waals surface area contributed by atoms with Gasteiger partial charge in [0, 0.05) is 43.3 Å². The van der Waals surface area contributed by atoms with Gasteiger partial charge in [0.15, 0.2) is 0 Å². The molecule has 1 N–H and O–H groups in total. The molecule has 0 saturated carbocycles. The highest BCUT2D eigenvalue weighted by molar-refractivity contribution is 6.31. The van der Waals surface area contributed by atoms with Gasteiger partial charge < -0.3 is 10.2 Å². The van der Waals surface area contributed by atoms with Crippen LogP contribution in [0.3, 0.4) is 0 Å². The first-order chi connectivity index (χ1) is 12.0. The topological polar surface area (TPSA) is 52.7 Å². The van der Waals surface area contributed by atoms with Crippen molar-refractivity contribution in [3.63, 3.8) is 0 Å². The number of nitrogens with one attached hydrogen (secondary N) is 1. The highest BCUT2D eigenvalue weighted by Gasteiger charge is 2.23.